The summed E-state index contributed by atoms with van der Waals surface area (Å²) < 4.78 is 62.6. The molecule has 1 atom stereocenters. The van der Waals surface area contributed by atoms with Gasteiger partial charge in [-0.15, -0.1) is 0 Å². The van der Waals surface area contributed by atoms with Gasteiger partial charge in [-0.05, 0) is 24.6 Å². The Kier molecular flexibility index (Phi) is 3.94. The first-order valence-electron chi connectivity index (χ1n) is 5.66. The first-order chi connectivity index (χ1) is 9.55. The van der Waals surface area contributed by atoms with Gasteiger partial charge in [0.25, 0.3) is 0 Å². The van der Waals surface area contributed by atoms with Crippen molar-refractivity contribution in [2.24, 2.45) is 0 Å². The normalized spacial score (nSPS) is 20.1. The van der Waals surface area contributed by atoms with Crippen LogP contribution in [-0.2, 0) is 10.0 Å². The second kappa shape index (κ2) is 5.15. The Morgan fingerprint density at radius 2 is 2.00 bits per heavy atom. The summed E-state index contributed by atoms with van der Waals surface area (Å²) in [6.07, 6.45) is -4.97. The quantitative estimate of drug-likeness (QED) is 0.914. The van der Waals surface area contributed by atoms with Crippen LogP contribution in [0.1, 0.15) is 16.8 Å². The number of aromatic carboxylic acids is 1. The van der Waals surface area contributed by atoms with Gasteiger partial charge in [-0.25, -0.2) is 13.2 Å². The Morgan fingerprint density at radius 1 is 1.38 bits per heavy atom. The van der Waals surface area contributed by atoms with Gasteiger partial charge in [-0.2, -0.15) is 17.5 Å². The number of sulfonamides is 1. The molecule has 1 aliphatic heterocycles. The van der Waals surface area contributed by atoms with Gasteiger partial charge >= 0.3 is 12.1 Å². The highest BCUT2D eigenvalue weighted by Gasteiger charge is 2.53. The fourth-order valence-corrected chi connectivity index (χ4v) is 4.12. The van der Waals surface area contributed by atoms with Gasteiger partial charge in [-0.1, -0.05) is 11.6 Å². The van der Waals surface area contributed by atoms with Crippen LogP contribution < -0.4 is 0 Å². The molecule has 1 fully saturated rings. The van der Waals surface area contributed by atoms with Crippen molar-refractivity contribution in [3.63, 3.8) is 0 Å². The lowest BCUT2D eigenvalue weighted by Gasteiger charge is -2.40. The predicted octanol–water partition coefficient (Wildman–Crippen LogP) is 2.36. The number of carbonyl (C=O) groups is 1. The highest BCUT2D eigenvalue weighted by molar-refractivity contribution is 7.89. The lowest BCUT2D eigenvalue weighted by molar-refractivity contribution is -0.192. The zero-order valence-electron chi connectivity index (χ0n) is 10.3. The summed E-state index contributed by atoms with van der Waals surface area (Å²) in [6, 6.07) is 0.688. The van der Waals surface area contributed by atoms with Crippen molar-refractivity contribution in [3.05, 3.63) is 28.8 Å². The monoisotopic (exact) mass is 343 g/mol. The molecule has 1 N–H and O–H groups in total. The Bertz CT molecular complexity index is 689. The van der Waals surface area contributed by atoms with Gasteiger partial charge in [0.05, 0.1) is 10.6 Å². The van der Waals surface area contributed by atoms with E-state index in [1.807, 2.05) is 0 Å². The van der Waals surface area contributed by atoms with Gasteiger partial charge < -0.3 is 5.11 Å². The predicted molar refractivity (Wildman–Crippen MR) is 66.8 cm³/mol. The molecule has 0 saturated carbocycles. The van der Waals surface area contributed by atoms with Crippen molar-refractivity contribution < 1.29 is 31.5 Å². The maximum Gasteiger partial charge on any atom is 0.405 e. The highest BCUT2D eigenvalue weighted by Crippen LogP contribution is 2.38. The van der Waals surface area contributed by atoms with Crippen LogP contribution in [0, 0.1) is 0 Å². The molecule has 0 amide bonds. The van der Waals surface area contributed by atoms with E-state index in [2.05, 4.69) is 0 Å². The third kappa shape index (κ3) is 2.85. The number of rotatable bonds is 3. The molecule has 5 nitrogen and oxygen atoms in total. The van der Waals surface area contributed by atoms with E-state index in [-0.39, 0.29) is 18.5 Å². The SMILES string of the molecule is O=C(O)c1ccc(S(=O)(=O)N2CCC2C(F)(F)F)c(Cl)c1. The van der Waals surface area contributed by atoms with Crippen LogP contribution in [0.4, 0.5) is 13.2 Å². The van der Waals surface area contributed by atoms with Crippen LogP contribution in [0.3, 0.4) is 0 Å². The Balaban J connectivity index is 2.39. The fourth-order valence-electron chi connectivity index (χ4n) is 1.95. The van der Waals surface area contributed by atoms with E-state index >= 15 is 0 Å². The van der Waals surface area contributed by atoms with E-state index in [1.165, 1.54) is 0 Å². The number of nitrogens with zero attached hydrogens (tertiary/aromatic N) is 1. The van der Waals surface area contributed by atoms with E-state index < -0.39 is 38.1 Å². The number of alkyl halides is 3. The molecule has 21 heavy (non-hydrogen) atoms. The fraction of sp³-hybridized carbons (Fsp3) is 0.364. The number of carboxylic acid groups (broad SMARTS) is 1. The summed E-state index contributed by atoms with van der Waals surface area (Å²) in [6.45, 7) is -0.260. The third-order valence-corrected chi connectivity index (χ3v) is 5.50. The molecular formula is C11H9ClF3NO4S. The molecule has 1 aromatic carbocycles. The number of carboxylic acids is 1. The Labute approximate surface area is 123 Å². The molecular weight excluding hydrogens is 335 g/mol. The second-order valence-corrected chi connectivity index (χ2v) is 6.68. The van der Waals surface area contributed by atoms with E-state index in [0.717, 1.165) is 18.2 Å². The second-order valence-electron chi connectivity index (χ2n) is 4.41. The first kappa shape index (κ1) is 16.1. The summed E-state index contributed by atoms with van der Waals surface area (Å²) in [4.78, 5) is 10.2. The van der Waals surface area contributed by atoms with Crippen molar-refractivity contribution in [2.45, 2.75) is 23.5 Å². The molecule has 1 saturated heterocycles. The largest absolute Gasteiger partial charge is 0.478 e. The first-order valence-corrected chi connectivity index (χ1v) is 7.48. The molecule has 2 rings (SSSR count). The molecule has 0 radical (unpaired) electrons. The molecule has 1 unspecified atom stereocenters. The van der Waals surface area contributed by atoms with Crippen molar-refractivity contribution in [1.82, 2.24) is 4.31 Å². The average molecular weight is 344 g/mol. The van der Waals surface area contributed by atoms with Crippen molar-refractivity contribution in [3.8, 4) is 0 Å². The minimum atomic E-state index is -4.65. The molecule has 0 aliphatic carbocycles. The van der Waals surface area contributed by atoms with Crippen LogP contribution in [-0.4, -0.2) is 42.6 Å². The van der Waals surface area contributed by atoms with Gasteiger partial charge in [0.2, 0.25) is 10.0 Å². The maximum absolute atomic E-state index is 12.7. The molecule has 0 spiro atoms. The molecule has 1 heterocycles. The zero-order valence-corrected chi connectivity index (χ0v) is 11.8. The van der Waals surface area contributed by atoms with Crippen LogP contribution in [0.5, 0.6) is 0 Å². The standard InChI is InChI=1S/C11H9ClF3NO4S/c12-7-5-6(10(17)18)1-2-8(7)21(19,20)16-4-3-9(16)11(13,14)15/h1-2,5,9H,3-4H2,(H,17,18). The molecule has 0 bridgehead atoms. The van der Waals surface area contributed by atoms with Gasteiger partial charge in [-0.3, -0.25) is 0 Å². The van der Waals surface area contributed by atoms with E-state index in [9.17, 15) is 26.4 Å². The van der Waals surface area contributed by atoms with Gasteiger partial charge in [0.1, 0.15) is 10.9 Å². The van der Waals surface area contributed by atoms with Crippen LogP contribution in [0.2, 0.25) is 5.02 Å². The molecule has 1 aromatic rings. The van der Waals surface area contributed by atoms with E-state index in [0.29, 0.717) is 4.31 Å². The summed E-state index contributed by atoms with van der Waals surface area (Å²) in [5.41, 5.74) is -0.255. The molecule has 0 aromatic heterocycles. The summed E-state index contributed by atoms with van der Waals surface area (Å²) >= 11 is 5.69. The number of hydrogen-bond acceptors (Lipinski definition) is 3. The van der Waals surface area contributed by atoms with E-state index in [1.54, 1.807) is 0 Å². The van der Waals surface area contributed by atoms with Crippen LogP contribution in [0.25, 0.3) is 0 Å². The molecule has 1 aliphatic rings. The van der Waals surface area contributed by atoms with Crippen LogP contribution >= 0.6 is 11.6 Å². The zero-order chi connectivity index (χ0) is 16.0. The van der Waals surface area contributed by atoms with Gasteiger partial charge in [0, 0.05) is 6.54 Å². The van der Waals surface area contributed by atoms with Crippen LogP contribution in [0.15, 0.2) is 23.1 Å². The number of benzene rings is 1. The number of halogens is 4. The van der Waals surface area contributed by atoms with Gasteiger partial charge in [0.15, 0.2) is 0 Å². The van der Waals surface area contributed by atoms with Crippen molar-refractivity contribution in [1.29, 1.82) is 0 Å². The lowest BCUT2D eigenvalue weighted by Crippen LogP contribution is -2.57. The van der Waals surface area contributed by atoms with Crippen molar-refractivity contribution in [2.75, 3.05) is 6.54 Å². The Morgan fingerprint density at radius 3 is 2.38 bits per heavy atom. The maximum atomic E-state index is 12.7. The van der Waals surface area contributed by atoms with Crippen molar-refractivity contribution >= 4 is 27.6 Å². The molecule has 116 valence electrons. The average Bonchev–Trinajstić information content (AvgIpc) is 2.23. The number of hydrogen-bond donors (Lipinski definition) is 1. The van der Waals surface area contributed by atoms with E-state index in [4.69, 9.17) is 16.7 Å². The Hall–Kier alpha value is -1.32. The highest BCUT2D eigenvalue weighted by atomic mass is 35.5. The minimum Gasteiger partial charge on any atom is -0.478 e. The summed E-state index contributed by atoms with van der Waals surface area (Å²) in [7, 11) is -4.42. The summed E-state index contributed by atoms with van der Waals surface area (Å²) in [5.74, 6) is -1.32. The molecule has 10 heteroatoms. The minimum absolute atomic E-state index is 0.255. The summed E-state index contributed by atoms with van der Waals surface area (Å²) in [5, 5.41) is 8.32. The topological polar surface area (TPSA) is 74.7 Å². The third-order valence-electron chi connectivity index (χ3n) is 3.11. The smallest absolute Gasteiger partial charge is 0.405 e. The lowest BCUT2D eigenvalue weighted by atomic mass is 10.1.